The predicted octanol–water partition coefficient (Wildman–Crippen LogP) is -9.29. The molecule has 3 heterocycles. The minimum Gasteiger partial charge on any atom is -0.508 e. The Morgan fingerprint density at radius 2 is 1.55 bits per heavy atom. The van der Waals surface area contributed by atoms with Crippen molar-refractivity contribution in [3.63, 3.8) is 0 Å². The van der Waals surface area contributed by atoms with Crippen LogP contribution in [-0.4, -0.2) is 187 Å². The number of hydrogen-bond donors (Lipinski definition) is 15. The van der Waals surface area contributed by atoms with Crippen LogP contribution in [0.15, 0.2) is 34.3 Å². The van der Waals surface area contributed by atoms with Gasteiger partial charge in [0.1, 0.15) is 66.8 Å². The number of aldehydes is 1. The first-order valence-corrected chi connectivity index (χ1v) is 16.4. The molecule has 13 atom stereocenters. The van der Waals surface area contributed by atoms with Gasteiger partial charge in [-0.1, -0.05) is 12.1 Å². The fraction of sp³-hybridized carbons (Fsp3) is 0.600. The molecule has 1 fully saturated rings. The van der Waals surface area contributed by atoms with Crippen LogP contribution in [0.1, 0.15) is 5.56 Å². The molecule has 1 saturated heterocycles. The van der Waals surface area contributed by atoms with Gasteiger partial charge < -0.3 is 93.8 Å². The fourth-order valence-electron chi connectivity index (χ4n) is 6.05. The predicted molar refractivity (Wildman–Crippen MR) is 180 cm³/mol. The normalized spacial score (nSPS) is 29.0. The number of rotatable bonds is 16. The monoisotopic (exact) mass is 754 g/mol. The zero-order valence-electron chi connectivity index (χ0n) is 28.1. The van der Waals surface area contributed by atoms with Gasteiger partial charge >= 0.3 is 0 Å². The lowest BCUT2D eigenvalue weighted by Crippen LogP contribution is -2.70. The minimum atomic E-state index is -2.08. The summed E-state index contributed by atoms with van der Waals surface area (Å²) in [6.45, 7) is -2.23. The number of nitrogens with zero attached hydrogens (tertiary/aromatic N) is 3. The molecule has 0 bridgehead atoms. The number of aliphatic hydroxyl groups excluding tert-OH is 7. The number of aliphatic hydroxyl groups is 7. The van der Waals surface area contributed by atoms with Crippen molar-refractivity contribution in [2.45, 2.75) is 85.5 Å². The Balaban J connectivity index is 1.63. The van der Waals surface area contributed by atoms with Gasteiger partial charge in [-0.2, -0.15) is 0 Å². The highest BCUT2D eigenvalue weighted by molar-refractivity contribution is 5.94. The van der Waals surface area contributed by atoms with Crippen molar-refractivity contribution in [2.75, 3.05) is 26.3 Å². The van der Waals surface area contributed by atoms with Crippen LogP contribution in [0.3, 0.4) is 0 Å². The largest absolute Gasteiger partial charge is 0.508 e. The van der Waals surface area contributed by atoms with E-state index in [0.717, 1.165) is 4.90 Å². The zero-order chi connectivity index (χ0) is 39.1. The molecule has 0 saturated carbocycles. The van der Waals surface area contributed by atoms with E-state index in [-0.39, 0.29) is 36.9 Å². The topological polar surface area (TPSA) is 393 Å². The van der Waals surface area contributed by atoms with Crippen LogP contribution >= 0.6 is 0 Å². The Labute approximate surface area is 301 Å². The lowest BCUT2D eigenvalue weighted by atomic mass is 9.95. The van der Waals surface area contributed by atoms with Crippen LogP contribution in [0.2, 0.25) is 0 Å². The molecule has 0 aliphatic carbocycles. The Morgan fingerprint density at radius 3 is 2.13 bits per heavy atom. The third-order valence-corrected chi connectivity index (χ3v) is 9.06. The van der Waals surface area contributed by atoms with Crippen LogP contribution in [-0.2, 0) is 30.3 Å². The summed E-state index contributed by atoms with van der Waals surface area (Å²) in [4.78, 5) is 61.3. The number of amides is 3. The molecular weight excluding hydrogens is 708 g/mol. The number of phenols is 1. The van der Waals surface area contributed by atoms with E-state index in [4.69, 9.17) is 21.9 Å². The van der Waals surface area contributed by atoms with Gasteiger partial charge in [0.2, 0.25) is 17.7 Å². The summed E-state index contributed by atoms with van der Waals surface area (Å²) in [6, 6.07) is -3.49. The molecule has 4 rings (SSSR count). The summed E-state index contributed by atoms with van der Waals surface area (Å²) in [5.74, 6) is -3.92. The molecule has 3 aliphatic heterocycles. The molecule has 0 spiro atoms. The molecular formula is C30H46N10O13. The average molecular weight is 755 g/mol. The van der Waals surface area contributed by atoms with Crippen LogP contribution in [0, 0.1) is 0 Å². The Hall–Kier alpha value is -4.72. The molecule has 1 aromatic carbocycles. The molecule has 53 heavy (non-hydrogen) atoms. The minimum absolute atomic E-state index is 0.0282. The Morgan fingerprint density at radius 1 is 0.925 bits per heavy atom. The summed E-state index contributed by atoms with van der Waals surface area (Å²) in [7, 11) is 0. The zero-order valence-corrected chi connectivity index (χ0v) is 28.1. The summed E-state index contributed by atoms with van der Waals surface area (Å²) >= 11 is 0. The number of nitrogens with one attached hydrogen (secondary N) is 4. The first-order chi connectivity index (χ1) is 25.1. The molecule has 9 unspecified atom stereocenters. The van der Waals surface area contributed by atoms with E-state index in [1.54, 1.807) is 0 Å². The SMILES string of the molecule is NC1=NCC(C(O)[C@H](NC(=O)[C@@H](N)Cc2ccc(O)cc2)C(=O)N[C@H](C(=O)N[C@H](C=O)CO)C(O)C2CN=C(N)N2C2OC(CO)C(O)C(O)C2O)N1. The van der Waals surface area contributed by atoms with Gasteiger partial charge in [-0.25, -0.2) is 0 Å². The van der Waals surface area contributed by atoms with E-state index in [2.05, 4.69) is 31.3 Å². The molecule has 18 N–H and O–H groups in total. The lowest BCUT2D eigenvalue weighted by Gasteiger charge is -2.46. The van der Waals surface area contributed by atoms with Crippen molar-refractivity contribution >= 4 is 35.9 Å². The number of aromatic hydroxyl groups is 1. The third kappa shape index (κ3) is 9.45. The van der Waals surface area contributed by atoms with Crippen molar-refractivity contribution in [3.05, 3.63) is 29.8 Å². The van der Waals surface area contributed by atoms with Gasteiger partial charge in [-0.15, -0.1) is 0 Å². The van der Waals surface area contributed by atoms with Gasteiger partial charge in [0.15, 0.2) is 18.1 Å². The molecule has 23 nitrogen and oxygen atoms in total. The van der Waals surface area contributed by atoms with Crippen LogP contribution in [0.25, 0.3) is 0 Å². The highest BCUT2D eigenvalue weighted by atomic mass is 16.6. The number of carbonyl (C=O) groups is 4. The number of benzene rings is 1. The van der Waals surface area contributed by atoms with Crippen LogP contribution < -0.4 is 38.5 Å². The van der Waals surface area contributed by atoms with E-state index in [1.165, 1.54) is 24.3 Å². The Kier molecular flexibility index (Phi) is 13.8. The highest BCUT2D eigenvalue weighted by Gasteiger charge is 2.52. The number of aliphatic imine (C=N–C) groups is 2. The molecule has 23 heteroatoms. The Bertz CT molecular complexity index is 1520. The number of ether oxygens (including phenoxy) is 1. The second kappa shape index (κ2) is 17.9. The first kappa shape index (κ1) is 41.0. The summed E-state index contributed by atoms with van der Waals surface area (Å²) < 4.78 is 5.58. The molecule has 1 aromatic rings. The maximum atomic E-state index is 14.0. The van der Waals surface area contributed by atoms with Crippen molar-refractivity contribution in [1.29, 1.82) is 0 Å². The fourth-order valence-corrected chi connectivity index (χ4v) is 6.05. The third-order valence-electron chi connectivity index (χ3n) is 9.06. The van der Waals surface area contributed by atoms with Crippen molar-refractivity contribution in [1.82, 2.24) is 26.2 Å². The molecule has 0 aromatic heterocycles. The number of nitrogens with two attached hydrogens (primary N) is 3. The van der Waals surface area contributed by atoms with Gasteiger partial charge in [0, 0.05) is 0 Å². The van der Waals surface area contributed by atoms with Gasteiger partial charge in [-0.3, -0.25) is 24.4 Å². The van der Waals surface area contributed by atoms with Crippen LogP contribution in [0.4, 0.5) is 0 Å². The second-order valence-electron chi connectivity index (χ2n) is 12.7. The van der Waals surface area contributed by atoms with Crippen molar-refractivity contribution < 1.29 is 64.8 Å². The van der Waals surface area contributed by atoms with E-state index in [0.29, 0.717) is 5.56 Å². The standard InChI is InChI=1S/C30H46N10O13/c31-14(5-11-1-3-13(44)4-2-11)25(50)38-18(20(45)15-6-34-29(32)37-15)27(52)39-19(26(51)36-12(8-41)9-42)21(46)16-7-35-30(33)40(16)28-24(49)23(48)22(47)17(10-43)53-28/h1-4,8,12,14-24,28,42-49H,5-7,9-10,31H2,(H2,33,35)(H,36,51)(H,38,50)(H,39,52)(H3,32,34,37)/t12-,14+,15?,16?,17?,18+,19+,20?,21?,22?,23?,24?,28?/m1/s1. The quantitative estimate of drug-likeness (QED) is 0.0697. The molecule has 3 aliphatic rings. The summed E-state index contributed by atoms with van der Waals surface area (Å²) in [6.07, 6.45) is -12.4. The second-order valence-corrected chi connectivity index (χ2v) is 12.7. The maximum absolute atomic E-state index is 14.0. The van der Waals surface area contributed by atoms with Gasteiger partial charge in [-0.05, 0) is 24.1 Å². The van der Waals surface area contributed by atoms with Crippen molar-refractivity contribution in [3.8, 4) is 5.75 Å². The van der Waals surface area contributed by atoms with Gasteiger partial charge in [0.25, 0.3) is 0 Å². The summed E-state index contributed by atoms with van der Waals surface area (Å²) in [5.41, 5.74) is 18.4. The number of hydrogen-bond acceptors (Lipinski definition) is 20. The van der Waals surface area contributed by atoms with Gasteiger partial charge in [0.05, 0.1) is 44.4 Å². The molecule has 0 radical (unpaired) electrons. The van der Waals surface area contributed by atoms with E-state index >= 15 is 0 Å². The van der Waals surface area contributed by atoms with E-state index in [9.17, 15) is 60.0 Å². The first-order valence-electron chi connectivity index (χ1n) is 16.4. The van der Waals surface area contributed by atoms with Crippen molar-refractivity contribution in [2.24, 2.45) is 27.2 Å². The smallest absolute Gasteiger partial charge is 0.246 e. The lowest BCUT2D eigenvalue weighted by molar-refractivity contribution is -0.260. The number of guanidine groups is 2. The number of carbonyl (C=O) groups excluding carboxylic acids is 4. The molecule has 3 amide bonds. The van der Waals surface area contributed by atoms with E-state index in [1.807, 2.05) is 0 Å². The summed E-state index contributed by atoms with van der Waals surface area (Å²) in [5, 5.41) is 92.7. The molecule has 294 valence electrons. The van der Waals surface area contributed by atoms with Crippen LogP contribution in [0.5, 0.6) is 5.75 Å². The maximum Gasteiger partial charge on any atom is 0.246 e. The highest BCUT2D eigenvalue weighted by Crippen LogP contribution is 2.28. The average Bonchev–Trinajstić information content (AvgIpc) is 3.76. The number of phenolic OH excluding ortho intramolecular Hbond substituents is 1. The van der Waals surface area contributed by atoms with E-state index < -0.39 is 117 Å².